The average molecular weight is 466 g/mol. The van der Waals surface area contributed by atoms with Gasteiger partial charge in [-0.15, -0.1) is 0 Å². The van der Waals surface area contributed by atoms with Gasteiger partial charge in [0.25, 0.3) is 0 Å². The smallest absolute Gasteiger partial charge is 0.303 e. The number of carboxylic acids is 1. The van der Waals surface area contributed by atoms with Crippen LogP contribution in [0, 0.1) is 0 Å². The molecule has 2 aromatic carbocycles. The highest BCUT2D eigenvalue weighted by Crippen LogP contribution is 2.39. The summed E-state index contributed by atoms with van der Waals surface area (Å²) >= 11 is 24.7. The number of halogens is 4. The first-order valence-corrected chi connectivity index (χ1v) is 10.3. The standard InChI is InChI=1S/C20H20Cl4O4/c21-12-6-7-14(15(22)9-12)20(27)19-16(23)10-13(11-17(19)24)28-8-4-2-1-3-5-18(25)26/h6-7,9-11,20,27H,1-5,8H2,(H,25,26)/t20-/m0/s1. The lowest BCUT2D eigenvalue weighted by molar-refractivity contribution is -0.137. The molecule has 0 saturated carbocycles. The molecule has 0 spiro atoms. The fourth-order valence-electron chi connectivity index (χ4n) is 2.71. The molecule has 8 heteroatoms. The lowest BCUT2D eigenvalue weighted by Crippen LogP contribution is -2.04. The maximum atomic E-state index is 10.7. The zero-order valence-electron chi connectivity index (χ0n) is 14.9. The van der Waals surface area contributed by atoms with Crippen LogP contribution in [0.4, 0.5) is 0 Å². The predicted octanol–water partition coefficient (Wildman–Crippen LogP) is 6.80. The number of benzene rings is 2. The molecule has 0 heterocycles. The highest BCUT2D eigenvalue weighted by Gasteiger charge is 2.21. The number of hydrogen-bond donors (Lipinski definition) is 2. The third kappa shape index (κ3) is 6.71. The van der Waals surface area contributed by atoms with Crippen LogP contribution in [0.1, 0.15) is 49.3 Å². The number of ether oxygens (including phenoxy) is 1. The van der Waals surface area contributed by atoms with Crippen LogP contribution >= 0.6 is 46.4 Å². The Morgan fingerprint density at radius 3 is 2.18 bits per heavy atom. The Hall–Kier alpha value is -1.17. The molecule has 0 aliphatic carbocycles. The number of hydrogen-bond acceptors (Lipinski definition) is 3. The van der Waals surface area contributed by atoms with Crippen LogP contribution in [0.5, 0.6) is 5.75 Å². The van der Waals surface area contributed by atoms with Crippen molar-refractivity contribution in [1.29, 1.82) is 0 Å². The van der Waals surface area contributed by atoms with Crippen molar-refractivity contribution in [2.24, 2.45) is 0 Å². The van der Waals surface area contributed by atoms with Crippen LogP contribution in [-0.4, -0.2) is 22.8 Å². The Labute approximate surface area is 183 Å². The Kier molecular flexibility index (Phi) is 9.19. The van der Waals surface area contributed by atoms with E-state index in [1.165, 1.54) is 6.07 Å². The maximum Gasteiger partial charge on any atom is 0.303 e. The highest BCUT2D eigenvalue weighted by atomic mass is 35.5. The maximum absolute atomic E-state index is 10.7. The third-order valence-electron chi connectivity index (χ3n) is 4.14. The molecule has 2 N–H and O–H groups in total. The minimum atomic E-state index is -1.10. The fraction of sp³-hybridized carbons (Fsp3) is 0.350. The lowest BCUT2D eigenvalue weighted by Gasteiger charge is -2.18. The molecule has 0 fully saturated rings. The molecule has 0 aliphatic rings. The summed E-state index contributed by atoms with van der Waals surface area (Å²) in [4.78, 5) is 10.5. The molecule has 0 saturated heterocycles. The molecule has 0 radical (unpaired) electrons. The summed E-state index contributed by atoms with van der Waals surface area (Å²) < 4.78 is 5.66. The van der Waals surface area contributed by atoms with Gasteiger partial charge in [-0.25, -0.2) is 0 Å². The molecule has 0 amide bonds. The minimum absolute atomic E-state index is 0.188. The Morgan fingerprint density at radius 1 is 0.929 bits per heavy atom. The van der Waals surface area contributed by atoms with E-state index in [0.29, 0.717) is 39.9 Å². The molecule has 1 atom stereocenters. The van der Waals surface area contributed by atoms with Crippen molar-refractivity contribution in [3.63, 3.8) is 0 Å². The van der Waals surface area contributed by atoms with Crippen LogP contribution in [0.25, 0.3) is 0 Å². The largest absolute Gasteiger partial charge is 0.493 e. The molecular weight excluding hydrogens is 446 g/mol. The van der Waals surface area contributed by atoms with Gasteiger partial charge < -0.3 is 14.9 Å². The van der Waals surface area contributed by atoms with Crippen molar-refractivity contribution in [2.45, 2.75) is 38.2 Å². The van der Waals surface area contributed by atoms with Gasteiger partial charge in [0.1, 0.15) is 11.9 Å². The predicted molar refractivity (Wildman–Crippen MR) is 113 cm³/mol. The molecule has 0 aromatic heterocycles. The average Bonchev–Trinajstić information content (AvgIpc) is 2.60. The van der Waals surface area contributed by atoms with Gasteiger partial charge in [0, 0.05) is 27.6 Å². The zero-order chi connectivity index (χ0) is 20.7. The van der Waals surface area contributed by atoms with Crippen molar-refractivity contribution in [3.05, 3.63) is 61.5 Å². The molecule has 0 bridgehead atoms. The molecule has 0 unspecified atom stereocenters. The van der Waals surface area contributed by atoms with Crippen molar-refractivity contribution in [2.75, 3.05) is 6.61 Å². The van der Waals surface area contributed by atoms with Crippen LogP contribution in [0.15, 0.2) is 30.3 Å². The van der Waals surface area contributed by atoms with E-state index in [2.05, 4.69) is 0 Å². The summed E-state index contributed by atoms with van der Waals surface area (Å²) in [5, 5.41) is 20.6. The van der Waals surface area contributed by atoms with E-state index in [1.54, 1.807) is 24.3 Å². The van der Waals surface area contributed by atoms with Crippen molar-refractivity contribution >= 4 is 52.4 Å². The van der Waals surface area contributed by atoms with Crippen LogP contribution in [0.2, 0.25) is 20.1 Å². The van der Waals surface area contributed by atoms with Crippen molar-refractivity contribution in [3.8, 4) is 5.75 Å². The van der Waals surface area contributed by atoms with E-state index in [4.69, 9.17) is 56.2 Å². The van der Waals surface area contributed by atoms with Crippen LogP contribution in [0.3, 0.4) is 0 Å². The number of aliphatic hydroxyl groups excluding tert-OH is 1. The second-order valence-corrected chi connectivity index (χ2v) is 7.93. The number of aliphatic hydroxyl groups is 1. The summed E-state index contributed by atoms with van der Waals surface area (Å²) in [7, 11) is 0. The Balaban J connectivity index is 1.97. The zero-order valence-corrected chi connectivity index (χ0v) is 18.0. The third-order valence-corrected chi connectivity index (χ3v) is 5.32. The van der Waals surface area contributed by atoms with Gasteiger partial charge in [0.15, 0.2) is 0 Å². The molecule has 0 aliphatic heterocycles. The van der Waals surface area contributed by atoms with Crippen LogP contribution < -0.4 is 4.74 Å². The minimum Gasteiger partial charge on any atom is -0.493 e. The fourth-order valence-corrected chi connectivity index (χ4v) is 3.89. The van der Waals surface area contributed by atoms with Gasteiger partial charge in [-0.3, -0.25) is 4.79 Å². The number of rotatable bonds is 10. The number of aliphatic carboxylic acids is 1. The highest BCUT2D eigenvalue weighted by molar-refractivity contribution is 6.37. The van der Waals surface area contributed by atoms with E-state index in [9.17, 15) is 9.90 Å². The summed E-state index contributed by atoms with van der Waals surface area (Å²) in [5.41, 5.74) is 0.790. The van der Waals surface area contributed by atoms with E-state index in [1.807, 2.05) is 0 Å². The molecule has 28 heavy (non-hydrogen) atoms. The molecule has 2 aromatic rings. The Morgan fingerprint density at radius 2 is 1.57 bits per heavy atom. The van der Waals surface area contributed by atoms with Gasteiger partial charge in [-0.2, -0.15) is 0 Å². The quantitative estimate of drug-likeness (QED) is 0.378. The molecule has 4 nitrogen and oxygen atoms in total. The number of carboxylic acid groups (broad SMARTS) is 1. The second-order valence-electron chi connectivity index (χ2n) is 6.28. The topological polar surface area (TPSA) is 66.8 Å². The van der Waals surface area contributed by atoms with E-state index in [0.717, 1.165) is 19.3 Å². The summed E-state index contributed by atoms with van der Waals surface area (Å²) in [6.45, 7) is 0.463. The first-order chi connectivity index (χ1) is 13.3. The van der Waals surface area contributed by atoms with Crippen molar-refractivity contribution in [1.82, 2.24) is 0 Å². The van der Waals surface area contributed by atoms with E-state index >= 15 is 0 Å². The normalized spacial score (nSPS) is 12.0. The van der Waals surface area contributed by atoms with E-state index < -0.39 is 12.1 Å². The van der Waals surface area contributed by atoms with Gasteiger partial charge in [-0.1, -0.05) is 65.3 Å². The van der Waals surface area contributed by atoms with Gasteiger partial charge in [-0.05, 0) is 37.1 Å². The monoisotopic (exact) mass is 464 g/mol. The first kappa shape index (κ1) is 23.1. The SMILES string of the molecule is O=C(O)CCCCCCOc1cc(Cl)c([C@@H](O)c2ccc(Cl)cc2Cl)c(Cl)c1. The van der Waals surface area contributed by atoms with Crippen LogP contribution in [-0.2, 0) is 4.79 Å². The van der Waals surface area contributed by atoms with Gasteiger partial charge in [0.2, 0.25) is 0 Å². The Bertz CT molecular complexity index is 803. The molecule has 152 valence electrons. The molecular formula is C20H20Cl4O4. The lowest BCUT2D eigenvalue weighted by atomic mass is 10.0. The first-order valence-electron chi connectivity index (χ1n) is 8.76. The summed E-state index contributed by atoms with van der Waals surface area (Å²) in [6, 6.07) is 7.98. The number of carbonyl (C=O) groups is 1. The number of unbranched alkanes of at least 4 members (excludes halogenated alkanes) is 3. The second kappa shape index (κ2) is 11.1. The van der Waals surface area contributed by atoms with E-state index in [-0.39, 0.29) is 16.5 Å². The summed E-state index contributed by atoms with van der Waals surface area (Å²) in [5.74, 6) is -0.276. The van der Waals surface area contributed by atoms with Gasteiger partial charge in [0.05, 0.1) is 16.7 Å². The van der Waals surface area contributed by atoms with Gasteiger partial charge >= 0.3 is 5.97 Å². The van der Waals surface area contributed by atoms with Crippen molar-refractivity contribution < 1.29 is 19.7 Å². The summed E-state index contributed by atoms with van der Waals surface area (Å²) in [6.07, 6.45) is 2.25. The molecule has 2 rings (SSSR count).